The standard InChI is InChI=1S/C16H23N3O2/c17-13-7-8-15(20)18(10-13)11-16(21)19-9-3-5-12-4-1-2-6-14(12)19/h7-8,10,12,14H,1-6,9,11,17H2. The quantitative estimate of drug-likeness (QED) is 0.899. The number of hydrogen-bond acceptors (Lipinski definition) is 3. The number of anilines is 1. The van der Waals surface area contributed by atoms with E-state index in [1.54, 1.807) is 12.3 Å². The summed E-state index contributed by atoms with van der Waals surface area (Å²) in [6, 6.07) is 3.38. The summed E-state index contributed by atoms with van der Waals surface area (Å²) in [7, 11) is 0. The van der Waals surface area contributed by atoms with Crippen LogP contribution < -0.4 is 11.3 Å². The van der Waals surface area contributed by atoms with Gasteiger partial charge < -0.3 is 15.2 Å². The number of amides is 1. The summed E-state index contributed by atoms with van der Waals surface area (Å²) in [5.74, 6) is 0.716. The second-order valence-corrected chi connectivity index (χ2v) is 6.27. The van der Waals surface area contributed by atoms with Gasteiger partial charge in [0.05, 0.1) is 0 Å². The van der Waals surface area contributed by atoms with Gasteiger partial charge in [-0.25, -0.2) is 0 Å². The first-order valence-corrected chi connectivity index (χ1v) is 7.90. The van der Waals surface area contributed by atoms with Crippen LogP contribution >= 0.6 is 0 Å². The largest absolute Gasteiger partial charge is 0.398 e. The Morgan fingerprint density at radius 3 is 2.81 bits per heavy atom. The normalized spacial score (nSPS) is 25.4. The number of hydrogen-bond donors (Lipinski definition) is 1. The number of rotatable bonds is 2. The molecule has 1 aromatic heterocycles. The molecule has 2 N–H and O–H groups in total. The van der Waals surface area contributed by atoms with E-state index in [0.717, 1.165) is 19.4 Å². The van der Waals surface area contributed by atoms with Crippen molar-refractivity contribution in [3.05, 3.63) is 28.7 Å². The Hall–Kier alpha value is -1.78. The molecular weight excluding hydrogens is 266 g/mol. The lowest BCUT2D eigenvalue weighted by Gasteiger charge is -2.44. The molecule has 1 saturated carbocycles. The number of carbonyl (C=O) groups excluding carboxylic acids is 1. The van der Waals surface area contributed by atoms with Gasteiger partial charge in [-0.2, -0.15) is 0 Å². The molecule has 0 bridgehead atoms. The van der Waals surface area contributed by atoms with Crippen molar-refractivity contribution < 1.29 is 4.79 Å². The number of carbonyl (C=O) groups is 1. The number of likely N-dealkylation sites (tertiary alicyclic amines) is 1. The van der Waals surface area contributed by atoms with Crippen molar-refractivity contribution >= 4 is 11.6 Å². The second kappa shape index (κ2) is 5.92. The van der Waals surface area contributed by atoms with Crippen LogP contribution in [-0.2, 0) is 11.3 Å². The van der Waals surface area contributed by atoms with E-state index in [2.05, 4.69) is 0 Å². The molecule has 0 radical (unpaired) electrons. The van der Waals surface area contributed by atoms with Gasteiger partial charge in [0.25, 0.3) is 5.56 Å². The van der Waals surface area contributed by atoms with Gasteiger partial charge in [0, 0.05) is 30.5 Å². The third-order valence-electron chi connectivity index (χ3n) is 4.88. The fraction of sp³-hybridized carbons (Fsp3) is 0.625. The predicted molar refractivity (Wildman–Crippen MR) is 81.8 cm³/mol. The Morgan fingerprint density at radius 2 is 1.95 bits per heavy atom. The van der Waals surface area contributed by atoms with Crippen LogP contribution in [0.1, 0.15) is 38.5 Å². The highest BCUT2D eigenvalue weighted by Crippen LogP contribution is 2.35. The molecule has 2 atom stereocenters. The number of pyridine rings is 1. The van der Waals surface area contributed by atoms with Crippen molar-refractivity contribution in [2.24, 2.45) is 5.92 Å². The van der Waals surface area contributed by atoms with Gasteiger partial charge in [-0.3, -0.25) is 9.59 Å². The Labute approximate surface area is 124 Å². The second-order valence-electron chi connectivity index (χ2n) is 6.27. The summed E-state index contributed by atoms with van der Waals surface area (Å²) in [6.07, 6.45) is 8.74. The Kier molecular flexibility index (Phi) is 3.99. The smallest absolute Gasteiger partial charge is 0.251 e. The van der Waals surface area contributed by atoms with Gasteiger partial charge in [0.2, 0.25) is 5.91 Å². The fourth-order valence-electron chi connectivity index (χ4n) is 3.84. The van der Waals surface area contributed by atoms with E-state index in [0.29, 0.717) is 17.6 Å². The molecule has 1 aliphatic heterocycles. The maximum Gasteiger partial charge on any atom is 0.251 e. The van der Waals surface area contributed by atoms with Crippen molar-refractivity contribution in [1.29, 1.82) is 0 Å². The number of aromatic nitrogens is 1. The molecule has 2 unspecified atom stereocenters. The summed E-state index contributed by atoms with van der Waals surface area (Å²) < 4.78 is 1.42. The maximum atomic E-state index is 12.6. The van der Waals surface area contributed by atoms with Crippen LogP contribution in [0, 0.1) is 5.92 Å². The van der Waals surface area contributed by atoms with Gasteiger partial charge in [-0.05, 0) is 37.7 Å². The van der Waals surface area contributed by atoms with Gasteiger partial charge in [0.15, 0.2) is 0 Å². The van der Waals surface area contributed by atoms with Crippen LogP contribution in [0.4, 0.5) is 5.69 Å². The molecule has 2 aliphatic rings. The summed E-state index contributed by atoms with van der Waals surface area (Å²) >= 11 is 0. The first kappa shape index (κ1) is 14.2. The fourth-order valence-corrected chi connectivity index (χ4v) is 3.84. The first-order chi connectivity index (χ1) is 10.1. The molecule has 1 saturated heterocycles. The monoisotopic (exact) mass is 289 g/mol. The number of nitrogen functional groups attached to an aromatic ring is 1. The molecule has 1 aliphatic carbocycles. The average Bonchev–Trinajstić information content (AvgIpc) is 2.50. The molecule has 0 spiro atoms. The van der Waals surface area contributed by atoms with Crippen molar-refractivity contribution in [3.63, 3.8) is 0 Å². The van der Waals surface area contributed by atoms with Crippen molar-refractivity contribution in [2.45, 2.75) is 51.1 Å². The highest BCUT2D eigenvalue weighted by molar-refractivity contribution is 5.76. The Bertz CT molecular complexity index is 579. The van der Waals surface area contributed by atoms with Crippen LogP contribution in [0.3, 0.4) is 0 Å². The molecule has 21 heavy (non-hydrogen) atoms. The number of piperidine rings is 1. The third-order valence-corrected chi connectivity index (χ3v) is 4.88. The minimum atomic E-state index is -0.172. The first-order valence-electron chi connectivity index (χ1n) is 7.90. The molecule has 5 heteroatoms. The SMILES string of the molecule is Nc1ccc(=O)n(CC(=O)N2CCCC3CCCCC32)c1. The van der Waals surface area contributed by atoms with Gasteiger partial charge in [0.1, 0.15) is 6.54 Å². The van der Waals surface area contributed by atoms with E-state index in [-0.39, 0.29) is 18.0 Å². The lowest BCUT2D eigenvalue weighted by Crippen LogP contribution is -2.51. The zero-order valence-electron chi connectivity index (χ0n) is 12.3. The van der Waals surface area contributed by atoms with Gasteiger partial charge in [-0.15, -0.1) is 0 Å². The molecular formula is C16H23N3O2. The highest BCUT2D eigenvalue weighted by atomic mass is 16.2. The number of nitrogens with zero attached hydrogens (tertiary/aromatic N) is 2. The third kappa shape index (κ3) is 2.96. The Morgan fingerprint density at radius 1 is 1.19 bits per heavy atom. The topological polar surface area (TPSA) is 68.3 Å². The van der Waals surface area contributed by atoms with Crippen molar-refractivity contribution in [3.8, 4) is 0 Å². The molecule has 1 amide bonds. The molecule has 3 rings (SSSR count). The zero-order valence-corrected chi connectivity index (χ0v) is 12.3. The summed E-state index contributed by atoms with van der Waals surface area (Å²) in [6.45, 7) is 0.935. The van der Waals surface area contributed by atoms with Gasteiger partial charge in [-0.1, -0.05) is 12.8 Å². The summed E-state index contributed by atoms with van der Waals surface area (Å²) in [5, 5.41) is 0. The van der Waals surface area contributed by atoms with E-state index in [9.17, 15) is 9.59 Å². The Balaban J connectivity index is 1.75. The van der Waals surface area contributed by atoms with Gasteiger partial charge >= 0.3 is 0 Å². The summed E-state index contributed by atoms with van der Waals surface area (Å²) in [4.78, 5) is 26.4. The molecule has 2 heterocycles. The van der Waals surface area contributed by atoms with E-state index in [1.807, 2.05) is 4.90 Å². The van der Waals surface area contributed by atoms with E-state index < -0.39 is 0 Å². The average molecular weight is 289 g/mol. The minimum absolute atomic E-state index is 0.0549. The van der Waals surface area contributed by atoms with E-state index in [1.165, 1.54) is 36.3 Å². The molecule has 5 nitrogen and oxygen atoms in total. The zero-order chi connectivity index (χ0) is 14.8. The predicted octanol–water partition coefficient (Wildman–Crippen LogP) is 1.61. The number of fused-ring (bicyclic) bond motifs is 1. The van der Waals surface area contributed by atoms with Crippen molar-refractivity contribution in [2.75, 3.05) is 12.3 Å². The molecule has 2 fully saturated rings. The molecule has 1 aromatic rings. The minimum Gasteiger partial charge on any atom is -0.398 e. The number of nitrogens with two attached hydrogens (primary N) is 1. The van der Waals surface area contributed by atoms with Crippen molar-refractivity contribution in [1.82, 2.24) is 9.47 Å². The lowest BCUT2D eigenvalue weighted by molar-refractivity contribution is -0.138. The molecule has 114 valence electrons. The van der Waals surface area contributed by atoms with E-state index in [4.69, 9.17) is 5.73 Å². The molecule has 0 aromatic carbocycles. The lowest BCUT2D eigenvalue weighted by atomic mass is 9.78. The van der Waals surface area contributed by atoms with Crippen LogP contribution in [0.5, 0.6) is 0 Å². The van der Waals surface area contributed by atoms with E-state index >= 15 is 0 Å². The van der Waals surface area contributed by atoms with Crippen LogP contribution in [0.25, 0.3) is 0 Å². The van der Waals surface area contributed by atoms with Crippen LogP contribution in [-0.4, -0.2) is 28.0 Å². The van der Waals surface area contributed by atoms with Crippen LogP contribution in [0.2, 0.25) is 0 Å². The van der Waals surface area contributed by atoms with Crippen LogP contribution in [0.15, 0.2) is 23.1 Å². The summed E-state index contributed by atoms with van der Waals surface area (Å²) in [5.41, 5.74) is 6.04. The maximum absolute atomic E-state index is 12.6. The highest BCUT2D eigenvalue weighted by Gasteiger charge is 2.35.